The monoisotopic (exact) mass is 404 g/mol. The van der Waals surface area contributed by atoms with E-state index in [2.05, 4.69) is 36.5 Å². The summed E-state index contributed by atoms with van der Waals surface area (Å²) in [5.74, 6) is 0.942. The Morgan fingerprint density at radius 1 is 1.07 bits per heavy atom. The highest BCUT2D eigenvalue weighted by atomic mass is 32.2. The third-order valence-electron chi connectivity index (χ3n) is 5.21. The third kappa shape index (κ3) is 3.87. The Morgan fingerprint density at radius 2 is 1.86 bits per heavy atom. The first-order valence-corrected chi connectivity index (χ1v) is 10.9. The fraction of sp³-hybridized carbons (Fsp3) is 0.250. The summed E-state index contributed by atoms with van der Waals surface area (Å²) in [4.78, 5) is 28.1. The van der Waals surface area contributed by atoms with Gasteiger partial charge in [0, 0.05) is 39.9 Å². The van der Waals surface area contributed by atoms with Crippen molar-refractivity contribution in [2.75, 3.05) is 22.5 Å². The summed E-state index contributed by atoms with van der Waals surface area (Å²) in [6.45, 7) is 4.68. The van der Waals surface area contributed by atoms with Crippen LogP contribution in [-0.2, 0) is 4.79 Å². The van der Waals surface area contributed by atoms with Gasteiger partial charge in [-0.1, -0.05) is 29.8 Å². The van der Waals surface area contributed by atoms with Crippen LogP contribution in [0.4, 0.5) is 11.4 Å². The maximum atomic E-state index is 12.6. The maximum Gasteiger partial charge on any atom is 0.258 e. The summed E-state index contributed by atoms with van der Waals surface area (Å²) in [6, 6.07) is 18.0. The van der Waals surface area contributed by atoms with Crippen LogP contribution in [0.25, 0.3) is 10.8 Å². The van der Waals surface area contributed by atoms with Gasteiger partial charge in [0.15, 0.2) is 0 Å². The lowest BCUT2D eigenvalue weighted by Crippen LogP contribution is -2.25. The number of benzene rings is 3. The summed E-state index contributed by atoms with van der Waals surface area (Å²) >= 11 is 1.77. The number of hydrogen-bond acceptors (Lipinski definition) is 3. The Bertz CT molecular complexity index is 1080. The molecule has 0 saturated heterocycles. The molecule has 0 unspecified atom stereocenters. The van der Waals surface area contributed by atoms with Crippen LogP contribution in [0, 0.1) is 6.92 Å². The Balaban J connectivity index is 1.41. The Kier molecular flexibility index (Phi) is 5.58. The zero-order chi connectivity index (χ0) is 20.4. The Morgan fingerprint density at radius 3 is 2.62 bits per heavy atom. The zero-order valence-electron chi connectivity index (χ0n) is 16.7. The largest absolute Gasteiger partial charge is 0.326 e. The molecule has 0 fully saturated rings. The van der Waals surface area contributed by atoms with E-state index in [0.717, 1.165) is 34.3 Å². The van der Waals surface area contributed by atoms with Crippen molar-refractivity contribution in [2.24, 2.45) is 0 Å². The van der Waals surface area contributed by atoms with Gasteiger partial charge in [0.05, 0.1) is 5.69 Å². The molecular formula is C24H24N2O2S. The number of carbonyl (C=O) groups is 2. The molecule has 5 heteroatoms. The van der Waals surface area contributed by atoms with Crippen molar-refractivity contribution in [3.05, 3.63) is 65.7 Å². The molecule has 0 aromatic heterocycles. The van der Waals surface area contributed by atoms with E-state index in [1.165, 1.54) is 10.5 Å². The fourth-order valence-corrected chi connectivity index (χ4v) is 4.59. The number of thioether (sulfide) groups is 1. The molecule has 148 valence electrons. The van der Waals surface area contributed by atoms with E-state index in [0.29, 0.717) is 18.5 Å². The second-order valence-corrected chi connectivity index (χ2v) is 8.39. The lowest BCUT2D eigenvalue weighted by atomic mass is 10.0. The van der Waals surface area contributed by atoms with Gasteiger partial charge in [-0.25, -0.2) is 0 Å². The minimum Gasteiger partial charge on any atom is -0.326 e. The number of aryl methyl sites for hydroxylation is 1. The number of anilines is 2. The van der Waals surface area contributed by atoms with Gasteiger partial charge in [-0.2, -0.15) is 0 Å². The van der Waals surface area contributed by atoms with Crippen molar-refractivity contribution in [2.45, 2.75) is 31.6 Å². The molecule has 1 N–H and O–H groups in total. The second-order valence-electron chi connectivity index (χ2n) is 7.22. The van der Waals surface area contributed by atoms with Crippen molar-refractivity contribution in [1.29, 1.82) is 0 Å². The molecule has 4 nitrogen and oxygen atoms in total. The highest BCUT2D eigenvalue weighted by molar-refractivity contribution is 7.99. The molecule has 3 aromatic carbocycles. The number of rotatable bonds is 7. The van der Waals surface area contributed by atoms with E-state index in [1.54, 1.807) is 16.7 Å². The van der Waals surface area contributed by atoms with E-state index >= 15 is 0 Å². The lowest BCUT2D eigenvalue weighted by molar-refractivity contribution is -0.116. The second kappa shape index (κ2) is 8.29. The molecule has 0 saturated carbocycles. The highest BCUT2D eigenvalue weighted by Gasteiger charge is 2.29. The summed E-state index contributed by atoms with van der Waals surface area (Å²) < 4.78 is 0. The molecule has 1 aliphatic rings. The van der Waals surface area contributed by atoms with E-state index in [9.17, 15) is 9.59 Å². The van der Waals surface area contributed by atoms with Crippen molar-refractivity contribution in [1.82, 2.24) is 0 Å². The van der Waals surface area contributed by atoms with Crippen molar-refractivity contribution in [3.63, 3.8) is 0 Å². The fourth-order valence-electron chi connectivity index (χ4n) is 3.74. The summed E-state index contributed by atoms with van der Waals surface area (Å²) in [6.07, 6.45) is 1.29. The molecule has 3 aromatic rings. The van der Waals surface area contributed by atoms with Gasteiger partial charge in [0.2, 0.25) is 5.91 Å². The number of amides is 2. The predicted molar refractivity (Wildman–Crippen MR) is 121 cm³/mol. The highest BCUT2D eigenvalue weighted by Crippen LogP contribution is 2.40. The van der Waals surface area contributed by atoms with E-state index in [4.69, 9.17) is 0 Å². The van der Waals surface area contributed by atoms with E-state index in [1.807, 2.05) is 37.3 Å². The topological polar surface area (TPSA) is 49.4 Å². The first-order valence-electron chi connectivity index (χ1n) is 9.95. The molecular weight excluding hydrogens is 380 g/mol. The first-order chi connectivity index (χ1) is 14.1. The predicted octanol–water partition coefficient (Wildman–Crippen LogP) is 5.64. The van der Waals surface area contributed by atoms with Crippen LogP contribution in [-0.4, -0.2) is 24.1 Å². The molecule has 0 spiro atoms. The summed E-state index contributed by atoms with van der Waals surface area (Å²) in [7, 11) is 0. The first kappa shape index (κ1) is 19.5. The average Bonchev–Trinajstić information content (AvgIpc) is 3.01. The van der Waals surface area contributed by atoms with Crippen LogP contribution < -0.4 is 10.2 Å². The molecule has 1 aliphatic heterocycles. The van der Waals surface area contributed by atoms with Crippen molar-refractivity contribution in [3.8, 4) is 0 Å². The van der Waals surface area contributed by atoms with Crippen LogP contribution in [0.2, 0.25) is 0 Å². The quantitative estimate of drug-likeness (QED) is 0.409. The van der Waals surface area contributed by atoms with Crippen LogP contribution in [0.5, 0.6) is 0 Å². The molecule has 0 aliphatic carbocycles. The minimum absolute atomic E-state index is 0.00637. The lowest BCUT2D eigenvalue weighted by Gasteiger charge is -2.15. The standard InChI is InChI=1S/C24H24N2O2S/c1-3-26-21-14-13-20(18-6-4-7-19(23(18)21)24(26)28)25-22(27)8-5-15-29-17-11-9-16(2)10-12-17/h4,6-7,9-14H,3,5,8,15H2,1-2H3,(H,25,27). The van der Waals surface area contributed by atoms with Gasteiger partial charge in [0.1, 0.15) is 0 Å². The van der Waals surface area contributed by atoms with Crippen molar-refractivity contribution < 1.29 is 9.59 Å². The molecule has 1 heterocycles. The Labute approximate surface area is 175 Å². The van der Waals surface area contributed by atoms with Gasteiger partial charge >= 0.3 is 0 Å². The van der Waals surface area contributed by atoms with E-state index in [-0.39, 0.29) is 11.8 Å². The summed E-state index contributed by atoms with van der Waals surface area (Å²) in [5, 5.41) is 4.90. The smallest absolute Gasteiger partial charge is 0.258 e. The Hall–Kier alpha value is -2.79. The molecule has 4 rings (SSSR count). The maximum absolute atomic E-state index is 12.6. The molecule has 0 atom stereocenters. The van der Waals surface area contributed by atoms with Crippen LogP contribution in [0.1, 0.15) is 35.7 Å². The normalized spacial score (nSPS) is 12.6. The number of nitrogens with zero attached hydrogens (tertiary/aromatic N) is 1. The molecule has 0 bridgehead atoms. The number of carbonyl (C=O) groups excluding carboxylic acids is 2. The third-order valence-corrected chi connectivity index (χ3v) is 6.31. The van der Waals surface area contributed by atoms with Gasteiger partial charge in [-0.05, 0) is 56.4 Å². The van der Waals surface area contributed by atoms with Crippen LogP contribution >= 0.6 is 11.8 Å². The number of nitrogens with one attached hydrogen (secondary N) is 1. The molecule has 2 amide bonds. The molecule has 29 heavy (non-hydrogen) atoms. The minimum atomic E-state index is 0.00637. The van der Waals surface area contributed by atoms with Crippen LogP contribution in [0.15, 0.2) is 59.5 Å². The summed E-state index contributed by atoms with van der Waals surface area (Å²) in [5.41, 5.74) is 3.66. The van der Waals surface area contributed by atoms with Crippen molar-refractivity contribution >= 4 is 45.7 Å². The average molecular weight is 405 g/mol. The number of hydrogen-bond donors (Lipinski definition) is 1. The molecule has 0 radical (unpaired) electrons. The SMILES string of the molecule is CCN1C(=O)c2cccc3c(NC(=O)CCCSc4ccc(C)cc4)ccc1c23. The van der Waals surface area contributed by atoms with Gasteiger partial charge in [-0.15, -0.1) is 11.8 Å². The van der Waals surface area contributed by atoms with Gasteiger partial charge in [-0.3, -0.25) is 9.59 Å². The van der Waals surface area contributed by atoms with Gasteiger partial charge < -0.3 is 10.2 Å². The van der Waals surface area contributed by atoms with Gasteiger partial charge in [0.25, 0.3) is 5.91 Å². The zero-order valence-corrected chi connectivity index (χ0v) is 17.5. The van der Waals surface area contributed by atoms with E-state index < -0.39 is 0 Å². The van der Waals surface area contributed by atoms with Crippen LogP contribution in [0.3, 0.4) is 0 Å².